The van der Waals surface area contributed by atoms with Crippen LogP contribution in [0.5, 0.6) is 0 Å². The fourth-order valence-electron chi connectivity index (χ4n) is 2.07. The van der Waals surface area contributed by atoms with Crippen LogP contribution in [0.15, 0.2) is 36.5 Å². The van der Waals surface area contributed by atoms with E-state index < -0.39 is 0 Å². The number of carbonyl (C=O) groups excluding carboxylic acids is 1. The molecule has 1 aromatic heterocycles. The van der Waals surface area contributed by atoms with Crippen LogP contribution in [0.1, 0.15) is 24.3 Å². The Bertz CT molecular complexity index is 655. The van der Waals surface area contributed by atoms with Crippen molar-refractivity contribution in [2.45, 2.75) is 13.8 Å². The molecular formula is C16H17Cl2N3O. The summed E-state index contributed by atoms with van der Waals surface area (Å²) < 4.78 is 0. The van der Waals surface area contributed by atoms with Gasteiger partial charge in [-0.1, -0.05) is 23.2 Å². The zero-order valence-corrected chi connectivity index (χ0v) is 13.9. The number of amides is 1. The Labute approximate surface area is 140 Å². The number of hydrogen-bond donors (Lipinski definition) is 1. The van der Waals surface area contributed by atoms with Gasteiger partial charge in [-0.25, -0.2) is 4.98 Å². The Morgan fingerprint density at radius 1 is 1.14 bits per heavy atom. The van der Waals surface area contributed by atoms with Crippen molar-refractivity contribution < 1.29 is 4.79 Å². The Morgan fingerprint density at radius 3 is 2.41 bits per heavy atom. The highest BCUT2D eigenvalue weighted by Crippen LogP contribution is 2.25. The van der Waals surface area contributed by atoms with Gasteiger partial charge in [0.2, 0.25) is 0 Å². The molecule has 0 radical (unpaired) electrons. The number of rotatable bonds is 5. The number of anilines is 2. The van der Waals surface area contributed by atoms with Gasteiger partial charge in [0.1, 0.15) is 5.69 Å². The van der Waals surface area contributed by atoms with Crippen LogP contribution in [0.2, 0.25) is 10.0 Å². The monoisotopic (exact) mass is 337 g/mol. The summed E-state index contributed by atoms with van der Waals surface area (Å²) in [6.07, 6.45) is 1.71. The predicted molar refractivity (Wildman–Crippen MR) is 92.2 cm³/mol. The van der Waals surface area contributed by atoms with Gasteiger partial charge in [0.15, 0.2) is 0 Å². The lowest BCUT2D eigenvalue weighted by Gasteiger charge is -2.20. The van der Waals surface area contributed by atoms with Crippen LogP contribution in [0, 0.1) is 0 Å². The van der Waals surface area contributed by atoms with E-state index in [1.807, 2.05) is 6.07 Å². The van der Waals surface area contributed by atoms with Crippen molar-refractivity contribution in [3.63, 3.8) is 0 Å². The number of pyridine rings is 1. The summed E-state index contributed by atoms with van der Waals surface area (Å²) in [6, 6.07) is 8.53. The number of aromatic nitrogens is 1. The lowest BCUT2D eigenvalue weighted by Crippen LogP contribution is -2.22. The molecule has 0 fully saturated rings. The number of nitrogens with one attached hydrogen (secondary N) is 1. The molecule has 1 N–H and O–H groups in total. The normalized spacial score (nSPS) is 10.4. The van der Waals surface area contributed by atoms with Gasteiger partial charge in [-0.3, -0.25) is 4.79 Å². The second kappa shape index (κ2) is 7.47. The second-order valence-corrected chi connectivity index (χ2v) is 5.47. The zero-order chi connectivity index (χ0) is 16.1. The van der Waals surface area contributed by atoms with Gasteiger partial charge in [0.25, 0.3) is 5.91 Å². The lowest BCUT2D eigenvalue weighted by atomic mass is 10.2. The van der Waals surface area contributed by atoms with E-state index in [-0.39, 0.29) is 5.91 Å². The molecule has 6 heteroatoms. The summed E-state index contributed by atoms with van der Waals surface area (Å²) in [7, 11) is 0. The number of halogens is 2. The maximum absolute atomic E-state index is 12.2. The maximum atomic E-state index is 12.2. The molecule has 1 heterocycles. The highest BCUT2D eigenvalue weighted by Gasteiger charge is 2.10. The van der Waals surface area contributed by atoms with Gasteiger partial charge in [-0.2, -0.15) is 0 Å². The van der Waals surface area contributed by atoms with Crippen molar-refractivity contribution in [1.82, 2.24) is 4.98 Å². The molecule has 0 bridgehead atoms. The van der Waals surface area contributed by atoms with E-state index in [0.29, 0.717) is 21.4 Å². The summed E-state index contributed by atoms with van der Waals surface area (Å²) in [5, 5.41) is 3.58. The molecule has 2 aromatic rings. The smallest absolute Gasteiger partial charge is 0.274 e. The van der Waals surface area contributed by atoms with Crippen molar-refractivity contribution in [3.05, 3.63) is 52.3 Å². The summed E-state index contributed by atoms with van der Waals surface area (Å²) >= 11 is 11.8. The van der Waals surface area contributed by atoms with Gasteiger partial charge >= 0.3 is 0 Å². The van der Waals surface area contributed by atoms with Crippen LogP contribution >= 0.6 is 23.2 Å². The summed E-state index contributed by atoms with van der Waals surface area (Å²) in [4.78, 5) is 18.5. The molecule has 116 valence electrons. The maximum Gasteiger partial charge on any atom is 0.274 e. The van der Waals surface area contributed by atoms with Gasteiger partial charge in [0.05, 0.1) is 21.9 Å². The van der Waals surface area contributed by atoms with Crippen LogP contribution < -0.4 is 10.2 Å². The van der Waals surface area contributed by atoms with Gasteiger partial charge in [-0.05, 0) is 44.2 Å². The van der Waals surface area contributed by atoms with Crippen molar-refractivity contribution in [2.75, 3.05) is 23.3 Å². The first-order chi connectivity index (χ1) is 10.5. The average Bonchev–Trinajstić information content (AvgIpc) is 2.53. The van der Waals surface area contributed by atoms with Gasteiger partial charge in [0, 0.05) is 18.8 Å². The molecule has 0 aliphatic carbocycles. The number of carbonyl (C=O) groups is 1. The third-order valence-electron chi connectivity index (χ3n) is 3.29. The van der Waals surface area contributed by atoms with Crippen LogP contribution in [0.25, 0.3) is 0 Å². The molecule has 0 aliphatic heterocycles. The summed E-state index contributed by atoms with van der Waals surface area (Å²) in [6.45, 7) is 5.95. The van der Waals surface area contributed by atoms with E-state index in [1.54, 1.807) is 30.5 Å². The first-order valence-electron chi connectivity index (χ1n) is 7.02. The Hall–Kier alpha value is -1.78. The topological polar surface area (TPSA) is 45.2 Å². The van der Waals surface area contributed by atoms with Crippen LogP contribution in [0.3, 0.4) is 0 Å². The van der Waals surface area contributed by atoms with Crippen molar-refractivity contribution >= 4 is 40.5 Å². The zero-order valence-electron chi connectivity index (χ0n) is 12.4. The summed E-state index contributed by atoms with van der Waals surface area (Å²) in [5.41, 5.74) is 1.92. The van der Waals surface area contributed by atoms with Crippen LogP contribution in [0.4, 0.5) is 11.4 Å². The van der Waals surface area contributed by atoms with Crippen molar-refractivity contribution in [1.29, 1.82) is 0 Å². The molecule has 0 saturated heterocycles. The molecule has 22 heavy (non-hydrogen) atoms. The minimum atomic E-state index is -0.288. The molecule has 2 rings (SSSR count). The third-order valence-corrected chi connectivity index (χ3v) is 4.03. The molecule has 1 aromatic carbocycles. The molecule has 0 aliphatic rings. The molecule has 0 unspecified atom stereocenters. The van der Waals surface area contributed by atoms with Gasteiger partial charge in [-0.15, -0.1) is 0 Å². The quantitative estimate of drug-likeness (QED) is 0.874. The Morgan fingerprint density at radius 2 is 1.86 bits per heavy atom. The third kappa shape index (κ3) is 3.90. The summed E-state index contributed by atoms with van der Waals surface area (Å²) in [5.74, 6) is -0.288. The molecule has 0 spiro atoms. The molecule has 0 saturated carbocycles. The van der Waals surface area contributed by atoms with E-state index in [0.717, 1.165) is 18.8 Å². The Balaban J connectivity index is 2.11. The fourth-order valence-corrected chi connectivity index (χ4v) is 2.36. The van der Waals surface area contributed by atoms with Crippen LogP contribution in [-0.2, 0) is 0 Å². The fraction of sp³-hybridized carbons (Fsp3) is 0.250. The van der Waals surface area contributed by atoms with Crippen molar-refractivity contribution in [3.8, 4) is 0 Å². The number of benzene rings is 1. The number of nitrogens with zero attached hydrogens (tertiary/aromatic N) is 2. The number of hydrogen-bond acceptors (Lipinski definition) is 3. The van der Waals surface area contributed by atoms with Crippen molar-refractivity contribution in [2.24, 2.45) is 0 Å². The average molecular weight is 338 g/mol. The van der Waals surface area contributed by atoms with E-state index >= 15 is 0 Å². The minimum absolute atomic E-state index is 0.288. The molecule has 0 atom stereocenters. The largest absolute Gasteiger partial charge is 0.371 e. The SMILES string of the molecule is CCN(CC)c1ccc(C(=O)Nc2ccc(Cl)c(Cl)c2)nc1. The first-order valence-corrected chi connectivity index (χ1v) is 7.78. The van der Waals surface area contributed by atoms with E-state index in [2.05, 4.69) is 29.0 Å². The lowest BCUT2D eigenvalue weighted by molar-refractivity contribution is 0.102. The second-order valence-electron chi connectivity index (χ2n) is 4.66. The predicted octanol–water partition coefficient (Wildman–Crippen LogP) is 4.49. The highest BCUT2D eigenvalue weighted by atomic mass is 35.5. The van der Waals surface area contributed by atoms with E-state index in [9.17, 15) is 4.79 Å². The van der Waals surface area contributed by atoms with Gasteiger partial charge < -0.3 is 10.2 Å². The minimum Gasteiger partial charge on any atom is -0.371 e. The van der Waals surface area contributed by atoms with Crippen LogP contribution in [-0.4, -0.2) is 24.0 Å². The van der Waals surface area contributed by atoms with E-state index in [4.69, 9.17) is 23.2 Å². The van der Waals surface area contributed by atoms with E-state index in [1.165, 1.54) is 0 Å². The molecule has 4 nitrogen and oxygen atoms in total. The highest BCUT2D eigenvalue weighted by molar-refractivity contribution is 6.42. The standard InChI is InChI=1S/C16H17Cl2N3O/c1-3-21(4-2)12-6-8-15(19-10-12)16(22)20-11-5-7-13(17)14(18)9-11/h5-10H,3-4H2,1-2H3,(H,20,22). The Kier molecular flexibility index (Phi) is 5.63. The molecular weight excluding hydrogens is 321 g/mol. The molecule has 1 amide bonds. The first kappa shape index (κ1) is 16.6.